The predicted molar refractivity (Wildman–Crippen MR) is 38.2 cm³/mol. The van der Waals surface area contributed by atoms with Gasteiger partial charge in [-0.1, -0.05) is 20.8 Å². The Morgan fingerprint density at radius 2 is 1.89 bits per heavy atom. The van der Waals surface area contributed by atoms with Crippen LogP contribution in [0.1, 0.15) is 33.6 Å². The van der Waals surface area contributed by atoms with Crippen LogP contribution < -0.4 is 0 Å². The molecule has 0 aromatic carbocycles. The zero-order chi connectivity index (χ0) is 7.07. The van der Waals surface area contributed by atoms with Crippen LogP contribution in [0.2, 0.25) is 0 Å². The van der Waals surface area contributed by atoms with Gasteiger partial charge in [0.25, 0.3) is 0 Å². The molecule has 1 N–H and O–H groups in total. The second-order valence-electron chi connectivity index (χ2n) is 3.82. The molecular weight excluding hydrogens is 112 g/mol. The van der Waals surface area contributed by atoms with Gasteiger partial charge >= 0.3 is 0 Å². The third-order valence-electron chi connectivity index (χ3n) is 3.00. The molecule has 1 aliphatic rings. The third kappa shape index (κ3) is 0.983. The van der Waals surface area contributed by atoms with Crippen molar-refractivity contribution in [3.63, 3.8) is 0 Å². The number of rotatable bonds is 0. The molecule has 1 fully saturated rings. The summed E-state index contributed by atoms with van der Waals surface area (Å²) in [5.74, 6) is 0.687. The first-order valence-corrected chi connectivity index (χ1v) is 3.73. The molecule has 54 valence electrons. The maximum absolute atomic E-state index is 9.43. The van der Waals surface area contributed by atoms with E-state index in [0.717, 1.165) is 6.42 Å². The lowest BCUT2D eigenvalue weighted by Crippen LogP contribution is -2.27. The molecular formula is C8H16O. The van der Waals surface area contributed by atoms with Gasteiger partial charge in [-0.3, -0.25) is 0 Å². The van der Waals surface area contributed by atoms with Crippen LogP contribution in [0, 0.1) is 11.3 Å². The van der Waals surface area contributed by atoms with Crippen molar-refractivity contribution < 1.29 is 5.11 Å². The Bertz CT molecular complexity index is 95.1. The van der Waals surface area contributed by atoms with Crippen molar-refractivity contribution in [2.24, 2.45) is 11.3 Å². The summed E-state index contributed by atoms with van der Waals surface area (Å²) in [6, 6.07) is 0. The summed E-state index contributed by atoms with van der Waals surface area (Å²) in [7, 11) is 0. The van der Waals surface area contributed by atoms with Crippen LogP contribution in [-0.4, -0.2) is 11.2 Å². The Hall–Kier alpha value is -0.0400. The van der Waals surface area contributed by atoms with E-state index in [-0.39, 0.29) is 11.5 Å². The highest BCUT2D eigenvalue weighted by molar-refractivity contribution is 4.89. The topological polar surface area (TPSA) is 20.2 Å². The number of hydrogen-bond donors (Lipinski definition) is 1. The minimum atomic E-state index is -0.0625. The van der Waals surface area contributed by atoms with E-state index in [4.69, 9.17) is 0 Å². The number of hydrogen-bond acceptors (Lipinski definition) is 1. The van der Waals surface area contributed by atoms with Crippen LogP contribution in [0.15, 0.2) is 0 Å². The van der Waals surface area contributed by atoms with Crippen LogP contribution in [0.25, 0.3) is 0 Å². The molecule has 0 aliphatic heterocycles. The molecule has 0 radical (unpaired) electrons. The highest BCUT2D eigenvalue weighted by Gasteiger charge is 2.38. The first-order valence-electron chi connectivity index (χ1n) is 3.73. The summed E-state index contributed by atoms with van der Waals surface area (Å²) < 4.78 is 0. The number of aliphatic hydroxyl groups is 1. The van der Waals surface area contributed by atoms with E-state index in [1.165, 1.54) is 6.42 Å². The standard InChI is InChI=1S/C8H16O/c1-6-4-5-7(9)8(6,2)3/h6-7,9H,4-5H2,1-3H3/t6-,7-/m1/s1. The van der Waals surface area contributed by atoms with Gasteiger partial charge in [0.05, 0.1) is 6.10 Å². The van der Waals surface area contributed by atoms with Crippen molar-refractivity contribution in [3.8, 4) is 0 Å². The quantitative estimate of drug-likeness (QED) is 0.527. The van der Waals surface area contributed by atoms with Crippen LogP contribution in [0.3, 0.4) is 0 Å². The summed E-state index contributed by atoms with van der Waals surface area (Å²) >= 11 is 0. The highest BCUT2D eigenvalue weighted by atomic mass is 16.3. The summed E-state index contributed by atoms with van der Waals surface area (Å²) in [5, 5.41) is 9.43. The molecule has 1 saturated carbocycles. The Morgan fingerprint density at radius 1 is 1.33 bits per heavy atom. The largest absolute Gasteiger partial charge is 0.393 e. The van der Waals surface area contributed by atoms with E-state index < -0.39 is 0 Å². The molecule has 0 amide bonds. The maximum atomic E-state index is 9.43. The Kier molecular flexibility index (Phi) is 1.55. The van der Waals surface area contributed by atoms with Gasteiger partial charge in [0, 0.05) is 0 Å². The van der Waals surface area contributed by atoms with Gasteiger partial charge in [0.15, 0.2) is 0 Å². The molecule has 0 aromatic heterocycles. The van der Waals surface area contributed by atoms with Gasteiger partial charge in [-0.25, -0.2) is 0 Å². The monoisotopic (exact) mass is 128 g/mol. The van der Waals surface area contributed by atoms with Gasteiger partial charge in [-0.15, -0.1) is 0 Å². The lowest BCUT2D eigenvalue weighted by molar-refractivity contribution is 0.0589. The molecule has 1 nitrogen and oxygen atoms in total. The molecule has 2 atom stereocenters. The van der Waals surface area contributed by atoms with E-state index in [2.05, 4.69) is 20.8 Å². The number of aliphatic hydroxyl groups excluding tert-OH is 1. The molecule has 0 unspecified atom stereocenters. The second-order valence-corrected chi connectivity index (χ2v) is 3.82. The fourth-order valence-corrected chi connectivity index (χ4v) is 1.48. The average Bonchev–Trinajstić information content (AvgIpc) is 1.96. The van der Waals surface area contributed by atoms with Crippen LogP contribution >= 0.6 is 0 Å². The Morgan fingerprint density at radius 3 is 2.00 bits per heavy atom. The summed E-state index contributed by atoms with van der Waals surface area (Å²) in [4.78, 5) is 0. The first kappa shape index (κ1) is 7.07. The SMILES string of the molecule is C[C@@H]1CC[C@@H](O)C1(C)C. The minimum absolute atomic E-state index is 0.0625. The molecule has 0 aromatic rings. The minimum Gasteiger partial charge on any atom is -0.393 e. The van der Waals surface area contributed by atoms with E-state index in [0.29, 0.717) is 5.92 Å². The van der Waals surface area contributed by atoms with Gasteiger partial charge in [0.2, 0.25) is 0 Å². The fraction of sp³-hybridized carbons (Fsp3) is 1.00. The second kappa shape index (κ2) is 1.98. The fourth-order valence-electron chi connectivity index (χ4n) is 1.48. The zero-order valence-electron chi connectivity index (χ0n) is 6.52. The summed E-state index contributed by atoms with van der Waals surface area (Å²) in [6.07, 6.45) is 2.12. The van der Waals surface area contributed by atoms with Crippen molar-refractivity contribution in [2.45, 2.75) is 39.7 Å². The first-order chi connectivity index (χ1) is 4.05. The summed E-state index contributed by atoms with van der Waals surface area (Å²) in [5.41, 5.74) is 0.167. The molecule has 0 bridgehead atoms. The molecule has 0 saturated heterocycles. The van der Waals surface area contributed by atoms with Crippen molar-refractivity contribution >= 4 is 0 Å². The molecule has 1 rings (SSSR count). The van der Waals surface area contributed by atoms with Crippen molar-refractivity contribution in [3.05, 3.63) is 0 Å². The predicted octanol–water partition coefficient (Wildman–Crippen LogP) is 1.80. The molecule has 0 spiro atoms. The Balaban J connectivity index is 2.66. The molecule has 1 heteroatoms. The third-order valence-corrected chi connectivity index (χ3v) is 3.00. The van der Waals surface area contributed by atoms with Crippen molar-refractivity contribution in [1.29, 1.82) is 0 Å². The van der Waals surface area contributed by atoms with Crippen LogP contribution in [0.5, 0.6) is 0 Å². The zero-order valence-corrected chi connectivity index (χ0v) is 6.52. The van der Waals surface area contributed by atoms with Crippen LogP contribution in [0.4, 0.5) is 0 Å². The van der Waals surface area contributed by atoms with Gasteiger partial charge in [-0.2, -0.15) is 0 Å². The lowest BCUT2D eigenvalue weighted by atomic mass is 9.82. The molecule has 9 heavy (non-hydrogen) atoms. The van der Waals surface area contributed by atoms with Gasteiger partial charge in [-0.05, 0) is 24.2 Å². The smallest absolute Gasteiger partial charge is 0.0593 e. The van der Waals surface area contributed by atoms with E-state index in [9.17, 15) is 5.11 Å². The van der Waals surface area contributed by atoms with Gasteiger partial charge in [0.1, 0.15) is 0 Å². The van der Waals surface area contributed by atoms with E-state index in [1.807, 2.05) is 0 Å². The molecule has 1 aliphatic carbocycles. The van der Waals surface area contributed by atoms with Crippen LogP contribution in [-0.2, 0) is 0 Å². The lowest BCUT2D eigenvalue weighted by Gasteiger charge is -2.27. The summed E-state index contributed by atoms with van der Waals surface area (Å²) in [6.45, 7) is 6.51. The maximum Gasteiger partial charge on any atom is 0.0593 e. The molecule has 0 heterocycles. The van der Waals surface area contributed by atoms with E-state index >= 15 is 0 Å². The average molecular weight is 128 g/mol. The van der Waals surface area contributed by atoms with Crippen molar-refractivity contribution in [1.82, 2.24) is 0 Å². The Labute approximate surface area is 57.1 Å². The van der Waals surface area contributed by atoms with E-state index in [1.54, 1.807) is 0 Å². The highest BCUT2D eigenvalue weighted by Crippen LogP contribution is 2.42. The van der Waals surface area contributed by atoms with Crippen molar-refractivity contribution in [2.75, 3.05) is 0 Å². The van der Waals surface area contributed by atoms with Gasteiger partial charge < -0.3 is 5.11 Å². The normalized spacial score (nSPS) is 41.3.